The molecule has 1 saturated carbocycles. The predicted octanol–water partition coefficient (Wildman–Crippen LogP) is 3.12. The molecule has 120 valence electrons. The number of likely N-dealkylation sites (N-methyl/N-ethyl adjacent to an activating group) is 1. The fraction of sp³-hybridized carbons (Fsp3) is 0.333. The van der Waals surface area contributed by atoms with Crippen LogP contribution in [-0.2, 0) is 17.8 Å². The second-order valence-corrected chi connectivity index (χ2v) is 7.35. The Morgan fingerprint density at radius 2 is 1.91 bits per heavy atom. The number of pyridine rings is 1. The first-order valence-corrected chi connectivity index (χ1v) is 8.68. The highest BCUT2D eigenvalue weighted by Crippen LogP contribution is 2.39. The second kappa shape index (κ2) is 7.04. The first-order valence-electron chi connectivity index (χ1n) is 7.80. The molecular formula is C18H21N3OS. The van der Waals surface area contributed by atoms with Crippen molar-refractivity contribution in [2.24, 2.45) is 0 Å². The number of carbonyl (C=O) groups is 1. The molecule has 1 aliphatic carbocycles. The maximum Gasteiger partial charge on any atom is 0.227 e. The van der Waals surface area contributed by atoms with Gasteiger partial charge in [0.1, 0.15) is 5.82 Å². The van der Waals surface area contributed by atoms with Gasteiger partial charge in [-0.15, -0.1) is 11.8 Å². The van der Waals surface area contributed by atoms with Crippen molar-refractivity contribution in [3.8, 4) is 0 Å². The van der Waals surface area contributed by atoms with E-state index in [9.17, 15) is 4.79 Å². The van der Waals surface area contributed by atoms with Gasteiger partial charge in [0.05, 0.1) is 6.42 Å². The van der Waals surface area contributed by atoms with Crippen LogP contribution in [0.4, 0.5) is 5.82 Å². The lowest BCUT2D eigenvalue weighted by molar-refractivity contribution is -0.129. The Hall–Kier alpha value is -2.01. The predicted molar refractivity (Wildman–Crippen MR) is 94.1 cm³/mol. The first kappa shape index (κ1) is 15.9. The molecule has 1 aromatic carbocycles. The van der Waals surface area contributed by atoms with E-state index in [0.717, 1.165) is 16.4 Å². The first-order chi connectivity index (χ1) is 11.1. The molecule has 0 radical (unpaired) electrons. The molecule has 1 aliphatic rings. The smallest absolute Gasteiger partial charge is 0.227 e. The van der Waals surface area contributed by atoms with Crippen molar-refractivity contribution in [3.05, 3.63) is 53.7 Å². The van der Waals surface area contributed by atoms with Crippen LogP contribution in [0.15, 0.2) is 47.5 Å². The summed E-state index contributed by atoms with van der Waals surface area (Å²) in [6, 6.07) is 12.0. The third-order valence-corrected chi connectivity index (χ3v) is 5.15. The number of nitrogens with zero attached hydrogens (tertiary/aromatic N) is 2. The minimum absolute atomic E-state index is 0.101. The maximum atomic E-state index is 12.3. The van der Waals surface area contributed by atoms with Crippen LogP contribution in [0.1, 0.15) is 24.0 Å². The van der Waals surface area contributed by atoms with Crippen LogP contribution in [0.3, 0.4) is 0 Å². The number of hydrogen-bond acceptors (Lipinski definition) is 4. The van der Waals surface area contributed by atoms with Crippen LogP contribution >= 0.6 is 11.8 Å². The SMILES string of the molecule is CN(Cc1ccc(N)nc1)C(=O)Cc1ccc(SC2CC2)cc1. The van der Waals surface area contributed by atoms with E-state index < -0.39 is 0 Å². The monoisotopic (exact) mass is 327 g/mol. The Balaban J connectivity index is 1.53. The molecule has 3 rings (SSSR count). The van der Waals surface area contributed by atoms with Gasteiger partial charge in [0.25, 0.3) is 0 Å². The number of nitrogen functional groups attached to an aromatic ring is 1. The number of aromatic nitrogens is 1. The number of carbonyl (C=O) groups excluding carboxylic acids is 1. The summed E-state index contributed by atoms with van der Waals surface area (Å²) in [5.74, 6) is 0.594. The molecule has 0 bridgehead atoms. The minimum Gasteiger partial charge on any atom is -0.384 e. The molecular weight excluding hydrogens is 306 g/mol. The number of anilines is 1. The quantitative estimate of drug-likeness (QED) is 0.885. The van der Waals surface area contributed by atoms with E-state index in [0.29, 0.717) is 18.8 Å². The van der Waals surface area contributed by atoms with E-state index >= 15 is 0 Å². The van der Waals surface area contributed by atoms with Crippen LogP contribution in [0.25, 0.3) is 0 Å². The zero-order valence-corrected chi connectivity index (χ0v) is 14.1. The van der Waals surface area contributed by atoms with Crippen molar-refractivity contribution >= 4 is 23.5 Å². The zero-order valence-electron chi connectivity index (χ0n) is 13.2. The lowest BCUT2D eigenvalue weighted by Gasteiger charge is -2.17. The van der Waals surface area contributed by atoms with Gasteiger partial charge in [0, 0.05) is 29.9 Å². The van der Waals surface area contributed by atoms with Gasteiger partial charge < -0.3 is 10.6 Å². The van der Waals surface area contributed by atoms with Gasteiger partial charge in [-0.2, -0.15) is 0 Å². The Kier molecular flexibility index (Phi) is 4.86. The van der Waals surface area contributed by atoms with E-state index in [1.165, 1.54) is 17.7 Å². The third kappa shape index (κ3) is 4.73. The highest BCUT2D eigenvalue weighted by molar-refractivity contribution is 8.00. The molecule has 2 aromatic rings. The van der Waals surface area contributed by atoms with Crippen LogP contribution in [0.2, 0.25) is 0 Å². The summed E-state index contributed by atoms with van der Waals surface area (Å²) in [5, 5.41) is 0.808. The van der Waals surface area contributed by atoms with Gasteiger partial charge in [-0.25, -0.2) is 4.98 Å². The molecule has 2 N–H and O–H groups in total. The van der Waals surface area contributed by atoms with Crippen molar-refractivity contribution in [1.29, 1.82) is 0 Å². The Morgan fingerprint density at radius 3 is 2.52 bits per heavy atom. The topological polar surface area (TPSA) is 59.2 Å². The summed E-state index contributed by atoms with van der Waals surface area (Å²) in [6.07, 6.45) is 4.79. The zero-order chi connectivity index (χ0) is 16.2. The molecule has 5 heteroatoms. The highest BCUT2D eigenvalue weighted by Gasteiger charge is 2.22. The molecule has 0 atom stereocenters. The Bertz CT molecular complexity index is 666. The lowest BCUT2D eigenvalue weighted by Crippen LogP contribution is -2.27. The van der Waals surface area contributed by atoms with Crippen molar-refractivity contribution in [3.63, 3.8) is 0 Å². The third-order valence-electron chi connectivity index (χ3n) is 3.80. The van der Waals surface area contributed by atoms with E-state index in [4.69, 9.17) is 5.73 Å². The number of benzene rings is 1. The normalized spacial score (nSPS) is 13.8. The molecule has 0 spiro atoms. The fourth-order valence-corrected chi connectivity index (χ4v) is 3.32. The number of hydrogen-bond donors (Lipinski definition) is 1. The summed E-state index contributed by atoms with van der Waals surface area (Å²) >= 11 is 1.93. The van der Waals surface area contributed by atoms with Gasteiger partial charge in [0.2, 0.25) is 5.91 Å². The number of thioether (sulfide) groups is 1. The lowest BCUT2D eigenvalue weighted by atomic mass is 10.1. The summed E-state index contributed by atoms with van der Waals surface area (Å²) in [4.78, 5) is 19.4. The van der Waals surface area contributed by atoms with Gasteiger partial charge in [0.15, 0.2) is 0 Å². The molecule has 0 saturated heterocycles. The number of rotatable bonds is 6. The van der Waals surface area contributed by atoms with Gasteiger partial charge in [-0.1, -0.05) is 18.2 Å². The van der Waals surface area contributed by atoms with Crippen LogP contribution in [-0.4, -0.2) is 28.1 Å². The maximum absolute atomic E-state index is 12.3. The Morgan fingerprint density at radius 1 is 1.22 bits per heavy atom. The summed E-state index contributed by atoms with van der Waals surface area (Å²) < 4.78 is 0. The summed E-state index contributed by atoms with van der Waals surface area (Å²) in [5.41, 5.74) is 7.60. The molecule has 1 amide bonds. The van der Waals surface area contributed by atoms with E-state index in [1.54, 1.807) is 17.2 Å². The van der Waals surface area contributed by atoms with Crippen molar-refractivity contribution in [2.75, 3.05) is 12.8 Å². The molecule has 23 heavy (non-hydrogen) atoms. The Labute approximate surface area is 141 Å². The standard InChI is InChI=1S/C18H21N3OS/c1-21(12-14-4-9-17(19)20-11-14)18(22)10-13-2-5-15(6-3-13)23-16-7-8-16/h2-6,9,11,16H,7-8,10,12H2,1H3,(H2,19,20). The summed E-state index contributed by atoms with van der Waals surface area (Å²) in [6.45, 7) is 0.543. The molecule has 1 aromatic heterocycles. The average Bonchev–Trinajstić information content (AvgIpc) is 3.35. The van der Waals surface area contributed by atoms with Crippen molar-refractivity contribution < 1.29 is 4.79 Å². The average molecular weight is 327 g/mol. The molecule has 1 heterocycles. The van der Waals surface area contributed by atoms with Gasteiger partial charge >= 0.3 is 0 Å². The van der Waals surface area contributed by atoms with Crippen LogP contribution in [0.5, 0.6) is 0 Å². The van der Waals surface area contributed by atoms with E-state index in [-0.39, 0.29) is 5.91 Å². The largest absolute Gasteiger partial charge is 0.384 e. The van der Waals surface area contributed by atoms with Crippen molar-refractivity contribution in [2.45, 2.75) is 36.0 Å². The van der Waals surface area contributed by atoms with Crippen LogP contribution in [0, 0.1) is 0 Å². The molecule has 0 aliphatic heterocycles. The second-order valence-electron chi connectivity index (χ2n) is 5.98. The number of nitrogens with two attached hydrogens (primary N) is 1. The van der Waals surface area contributed by atoms with E-state index in [2.05, 4.69) is 29.2 Å². The van der Waals surface area contributed by atoms with Crippen molar-refractivity contribution in [1.82, 2.24) is 9.88 Å². The summed E-state index contributed by atoms with van der Waals surface area (Å²) in [7, 11) is 1.82. The van der Waals surface area contributed by atoms with Gasteiger partial charge in [-0.05, 0) is 42.2 Å². The highest BCUT2D eigenvalue weighted by atomic mass is 32.2. The van der Waals surface area contributed by atoms with Crippen LogP contribution < -0.4 is 5.73 Å². The molecule has 4 nitrogen and oxygen atoms in total. The molecule has 0 unspecified atom stereocenters. The number of amides is 1. The fourth-order valence-electron chi connectivity index (χ4n) is 2.27. The van der Waals surface area contributed by atoms with Gasteiger partial charge in [-0.3, -0.25) is 4.79 Å². The molecule has 1 fully saturated rings. The minimum atomic E-state index is 0.101. The van der Waals surface area contributed by atoms with E-state index in [1.807, 2.05) is 24.9 Å².